The summed E-state index contributed by atoms with van der Waals surface area (Å²) in [5.41, 5.74) is 17.0. The zero-order chi connectivity index (χ0) is 15.0. The minimum atomic E-state index is -0.524. The standard InChI is InChI=1S/C17H20N2O2/c18-15(9-20)11-4-1-3-10(7-11)12-5-2-6-13-14(12)8-16(21)17(13)19/h1-7,15-17,20-21H,8-9,18-19H2/t15-,16+,17-/m1/s1. The Balaban J connectivity index is 2.07. The lowest BCUT2D eigenvalue weighted by molar-refractivity contribution is 0.158. The monoisotopic (exact) mass is 284 g/mol. The molecule has 0 radical (unpaired) electrons. The quantitative estimate of drug-likeness (QED) is 0.683. The SMILES string of the molecule is N[C@H](CO)c1cccc(-c2cccc3c2C[C@H](O)[C@@H]3N)c1. The Morgan fingerprint density at radius 2 is 1.95 bits per heavy atom. The molecular weight excluding hydrogens is 264 g/mol. The summed E-state index contributed by atoms with van der Waals surface area (Å²) in [6.07, 6.45) is 0.0483. The molecule has 4 nitrogen and oxygen atoms in total. The van der Waals surface area contributed by atoms with Gasteiger partial charge in [-0.1, -0.05) is 36.4 Å². The predicted molar refractivity (Wildman–Crippen MR) is 82.5 cm³/mol. The highest BCUT2D eigenvalue weighted by Gasteiger charge is 2.29. The second-order valence-electron chi connectivity index (χ2n) is 5.59. The number of aliphatic hydroxyl groups excluding tert-OH is 2. The molecule has 0 amide bonds. The fourth-order valence-electron chi connectivity index (χ4n) is 3.00. The van der Waals surface area contributed by atoms with Crippen LogP contribution in [0, 0.1) is 0 Å². The van der Waals surface area contributed by atoms with Crippen molar-refractivity contribution in [2.24, 2.45) is 11.5 Å². The third kappa shape index (κ3) is 2.47. The van der Waals surface area contributed by atoms with Crippen molar-refractivity contribution in [1.82, 2.24) is 0 Å². The van der Waals surface area contributed by atoms with Crippen LogP contribution in [0.1, 0.15) is 28.8 Å². The number of rotatable bonds is 3. The summed E-state index contributed by atoms with van der Waals surface area (Å²) in [6.45, 7) is -0.0834. The number of fused-ring (bicyclic) bond motifs is 1. The average Bonchev–Trinajstić information content (AvgIpc) is 2.82. The van der Waals surface area contributed by atoms with Crippen molar-refractivity contribution in [3.63, 3.8) is 0 Å². The van der Waals surface area contributed by atoms with Crippen molar-refractivity contribution in [3.8, 4) is 11.1 Å². The molecule has 4 heteroatoms. The Labute approximate surface area is 124 Å². The lowest BCUT2D eigenvalue weighted by Gasteiger charge is -2.13. The van der Waals surface area contributed by atoms with Gasteiger partial charge in [-0.15, -0.1) is 0 Å². The van der Waals surface area contributed by atoms with E-state index in [4.69, 9.17) is 11.5 Å². The zero-order valence-corrected chi connectivity index (χ0v) is 11.7. The average molecular weight is 284 g/mol. The van der Waals surface area contributed by atoms with Gasteiger partial charge in [0.25, 0.3) is 0 Å². The Morgan fingerprint density at radius 1 is 1.19 bits per heavy atom. The van der Waals surface area contributed by atoms with E-state index in [1.54, 1.807) is 0 Å². The van der Waals surface area contributed by atoms with Gasteiger partial charge in [0.05, 0.1) is 24.8 Å². The summed E-state index contributed by atoms with van der Waals surface area (Å²) < 4.78 is 0. The highest BCUT2D eigenvalue weighted by atomic mass is 16.3. The summed E-state index contributed by atoms with van der Waals surface area (Å²) >= 11 is 0. The van der Waals surface area contributed by atoms with Crippen molar-refractivity contribution in [2.75, 3.05) is 6.61 Å². The van der Waals surface area contributed by atoms with E-state index >= 15 is 0 Å². The van der Waals surface area contributed by atoms with E-state index in [2.05, 4.69) is 0 Å². The molecule has 0 spiro atoms. The van der Waals surface area contributed by atoms with Gasteiger partial charge in [0, 0.05) is 6.42 Å². The largest absolute Gasteiger partial charge is 0.394 e. The van der Waals surface area contributed by atoms with Gasteiger partial charge in [-0.25, -0.2) is 0 Å². The summed E-state index contributed by atoms with van der Waals surface area (Å²) in [4.78, 5) is 0. The van der Waals surface area contributed by atoms with Crippen molar-refractivity contribution in [2.45, 2.75) is 24.6 Å². The topological polar surface area (TPSA) is 92.5 Å². The minimum absolute atomic E-state index is 0.0834. The van der Waals surface area contributed by atoms with E-state index < -0.39 is 6.10 Å². The van der Waals surface area contributed by atoms with E-state index in [0.29, 0.717) is 6.42 Å². The maximum Gasteiger partial charge on any atom is 0.0773 e. The molecule has 0 saturated carbocycles. The molecule has 110 valence electrons. The van der Waals surface area contributed by atoms with Crippen molar-refractivity contribution >= 4 is 0 Å². The van der Waals surface area contributed by atoms with Crippen LogP contribution >= 0.6 is 0 Å². The van der Waals surface area contributed by atoms with Crippen LogP contribution in [0.15, 0.2) is 42.5 Å². The van der Waals surface area contributed by atoms with Gasteiger partial charge < -0.3 is 21.7 Å². The summed E-state index contributed by atoms with van der Waals surface area (Å²) in [5, 5.41) is 19.2. The first kappa shape index (κ1) is 14.2. The van der Waals surface area contributed by atoms with Crippen molar-refractivity contribution in [1.29, 1.82) is 0 Å². The van der Waals surface area contributed by atoms with Crippen LogP contribution in [0.3, 0.4) is 0 Å². The summed E-state index contributed by atoms with van der Waals surface area (Å²) in [5.74, 6) is 0. The molecule has 1 aliphatic carbocycles. The molecule has 3 atom stereocenters. The summed E-state index contributed by atoms with van der Waals surface area (Å²) in [6, 6.07) is 13.1. The van der Waals surface area contributed by atoms with Gasteiger partial charge in [-0.05, 0) is 33.9 Å². The second-order valence-corrected chi connectivity index (χ2v) is 5.59. The number of hydrogen-bond acceptors (Lipinski definition) is 4. The van der Waals surface area contributed by atoms with Gasteiger partial charge in [-0.3, -0.25) is 0 Å². The Kier molecular flexibility index (Phi) is 3.78. The third-order valence-corrected chi connectivity index (χ3v) is 4.22. The van der Waals surface area contributed by atoms with E-state index in [0.717, 1.165) is 27.8 Å². The first-order valence-corrected chi connectivity index (χ1v) is 7.14. The maximum atomic E-state index is 9.99. The number of aliphatic hydroxyl groups is 2. The third-order valence-electron chi connectivity index (χ3n) is 4.22. The smallest absolute Gasteiger partial charge is 0.0773 e. The fourth-order valence-corrected chi connectivity index (χ4v) is 3.00. The molecule has 6 N–H and O–H groups in total. The molecule has 21 heavy (non-hydrogen) atoms. The normalized spacial score (nSPS) is 22.1. The van der Waals surface area contributed by atoms with Crippen LogP contribution in [0.25, 0.3) is 11.1 Å². The zero-order valence-electron chi connectivity index (χ0n) is 11.7. The number of hydrogen-bond donors (Lipinski definition) is 4. The van der Waals surface area contributed by atoms with Crippen LogP contribution in [0.4, 0.5) is 0 Å². The van der Waals surface area contributed by atoms with Crippen LogP contribution < -0.4 is 11.5 Å². The van der Waals surface area contributed by atoms with Gasteiger partial charge >= 0.3 is 0 Å². The minimum Gasteiger partial charge on any atom is -0.394 e. The molecule has 2 aromatic rings. The molecule has 0 unspecified atom stereocenters. The second kappa shape index (κ2) is 5.58. The fraction of sp³-hybridized carbons (Fsp3) is 0.294. The van der Waals surface area contributed by atoms with Gasteiger partial charge in [0.2, 0.25) is 0 Å². The molecule has 3 rings (SSSR count). The molecule has 0 aliphatic heterocycles. The summed E-state index contributed by atoms with van der Waals surface area (Å²) in [7, 11) is 0. The maximum absolute atomic E-state index is 9.99. The molecule has 1 aliphatic rings. The molecule has 0 bridgehead atoms. The molecular formula is C17H20N2O2. The molecule has 0 aromatic heterocycles. The van der Waals surface area contributed by atoms with E-state index in [9.17, 15) is 10.2 Å². The predicted octanol–water partition coefficient (Wildman–Crippen LogP) is 1.26. The van der Waals surface area contributed by atoms with Gasteiger partial charge in [0.15, 0.2) is 0 Å². The lowest BCUT2D eigenvalue weighted by Crippen LogP contribution is -2.21. The first-order valence-electron chi connectivity index (χ1n) is 7.14. The van der Waals surface area contributed by atoms with Crippen LogP contribution in [-0.2, 0) is 6.42 Å². The van der Waals surface area contributed by atoms with E-state index in [1.807, 2.05) is 42.5 Å². The number of benzene rings is 2. The Hall–Kier alpha value is -1.72. The highest BCUT2D eigenvalue weighted by molar-refractivity contribution is 5.71. The van der Waals surface area contributed by atoms with Crippen LogP contribution in [-0.4, -0.2) is 22.9 Å². The lowest BCUT2D eigenvalue weighted by atomic mass is 9.94. The van der Waals surface area contributed by atoms with E-state index in [-0.39, 0.29) is 18.7 Å². The van der Waals surface area contributed by atoms with E-state index in [1.165, 1.54) is 0 Å². The van der Waals surface area contributed by atoms with Crippen molar-refractivity contribution in [3.05, 3.63) is 59.2 Å². The highest BCUT2D eigenvalue weighted by Crippen LogP contribution is 2.37. The Morgan fingerprint density at radius 3 is 2.71 bits per heavy atom. The molecule has 0 fully saturated rings. The Bertz CT molecular complexity index is 657. The molecule has 0 saturated heterocycles. The van der Waals surface area contributed by atoms with Gasteiger partial charge in [0.1, 0.15) is 0 Å². The van der Waals surface area contributed by atoms with Crippen LogP contribution in [0.5, 0.6) is 0 Å². The molecule has 0 heterocycles. The van der Waals surface area contributed by atoms with Crippen LogP contribution in [0.2, 0.25) is 0 Å². The van der Waals surface area contributed by atoms with Crippen molar-refractivity contribution < 1.29 is 10.2 Å². The first-order chi connectivity index (χ1) is 10.1. The molecule has 2 aromatic carbocycles. The van der Waals surface area contributed by atoms with Gasteiger partial charge in [-0.2, -0.15) is 0 Å². The number of nitrogens with two attached hydrogens (primary N) is 2.